The number of amides is 1. The van der Waals surface area contributed by atoms with Gasteiger partial charge in [-0.3, -0.25) is 9.48 Å². The van der Waals surface area contributed by atoms with E-state index in [1.54, 1.807) is 11.8 Å². The Morgan fingerprint density at radius 1 is 0.971 bits per heavy atom. The van der Waals surface area contributed by atoms with Crippen molar-refractivity contribution in [3.05, 3.63) is 84.3 Å². The lowest BCUT2D eigenvalue weighted by molar-refractivity contribution is 0.0786. The first-order valence-corrected chi connectivity index (χ1v) is 11.5. The van der Waals surface area contributed by atoms with Crippen molar-refractivity contribution in [3.8, 4) is 28.4 Å². The lowest BCUT2D eigenvalue weighted by Crippen LogP contribution is -2.28. The highest BCUT2D eigenvalue weighted by molar-refractivity contribution is 5.98. The molecule has 0 aliphatic carbocycles. The largest absolute Gasteiger partial charge is 0.493 e. The Hall–Kier alpha value is -4.00. The maximum Gasteiger partial charge on any atom is 0.276 e. The summed E-state index contributed by atoms with van der Waals surface area (Å²) in [6.07, 6.45) is 5.95. The molecule has 0 N–H and O–H groups in total. The number of hydrogen-bond donors (Lipinski definition) is 0. The van der Waals surface area contributed by atoms with Crippen molar-refractivity contribution in [1.29, 1.82) is 0 Å². The van der Waals surface area contributed by atoms with E-state index in [-0.39, 0.29) is 5.91 Å². The van der Waals surface area contributed by atoms with Crippen LogP contribution in [-0.2, 0) is 13.7 Å². The van der Waals surface area contributed by atoms with Crippen molar-refractivity contribution in [3.63, 3.8) is 0 Å². The van der Waals surface area contributed by atoms with Gasteiger partial charge in [0.2, 0.25) is 0 Å². The molecule has 0 atom stereocenters. The molecule has 7 nitrogen and oxygen atoms in total. The molecule has 174 valence electrons. The zero-order chi connectivity index (χ0) is 23.5. The number of carbonyl (C=O) groups is 1. The fourth-order valence-corrected chi connectivity index (χ4v) is 4.45. The van der Waals surface area contributed by atoms with Crippen LogP contribution >= 0.6 is 0 Å². The molecule has 1 aliphatic rings. The molecule has 1 fully saturated rings. The van der Waals surface area contributed by atoms with Gasteiger partial charge in [-0.05, 0) is 48.7 Å². The van der Waals surface area contributed by atoms with Crippen molar-refractivity contribution in [2.75, 3.05) is 20.2 Å². The Morgan fingerprint density at radius 3 is 2.41 bits per heavy atom. The molecule has 2 aromatic carbocycles. The first-order chi connectivity index (χ1) is 16.7. The average Bonchev–Trinajstić information content (AvgIpc) is 3.64. The highest BCUT2D eigenvalue weighted by atomic mass is 16.5. The average molecular weight is 457 g/mol. The first kappa shape index (κ1) is 21.8. The van der Waals surface area contributed by atoms with Gasteiger partial charge in [-0.15, -0.1) is 0 Å². The van der Waals surface area contributed by atoms with E-state index in [4.69, 9.17) is 9.47 Å². The molecule has 0 unspecified atom stereocenters. The monoisotopic (exact) mass is 456 g/mol. The molecule has 2 aromatic heterocycles. The highest BCUT2D eigenvalue weighted by Gasteiger charge is 2.29. The minimum absolute atomic E-state index is 0.0305. The summed E-state index contributed by atoms with van der Waals surface area (Å²) in [5.41, 5.74) is 4.03. The number of carbonyl (C=O) groups excluding carboxylic acids is 1. The van der Waals surface area contributed by atoms with Gasteiger partial charge in [0, 0.05) is 38.1 Å². The second kappa shape index (κ2) is 9.47. The van der Waals surface area contributed by atoms with E-state index in [0.29, 0.717) is 23.8 Å². The second-order valence-electron chi connectivity index (χ2n) is 8.40. The van der Waals surface area contributed by atoms with Gasteiger partial charge in [-0.1, -0.05) is 30.3 Å². The van der Waals surface area contributed by atoms with Gasteiger partial charge >= 0.3 is 0 Å². The Kier molecular flexibility index (Phi) is 6.08. The zero-order valence-electron chi connectivity index (χ0n) is 19.5. The van der Waals surface area contributed by atoms with Gasteiger partial charge in [0.1, 0.15) is 12.3 Å². The number of hydrogen-bond acceptors (Lipinski definition) is 4. The van der Waals surface area contributed by atoms with Crippen LogP contribution in [0.25, 0.3) is 16.9 Å². The molecular weight excluding hydrogens is 428 g/mol. The summed E-state index contributed by atoms with van der Waals surface area (Å²) in [5, 5.41) is 4.69. The summed E-state index contributed by atoms with van der Waals surface area (Å²) in [6.45, 7) is 1.97. The fraction of sp³-hybridized carbons (Fsp3) is 0.259. The van der Waals surface area contributed by atoms with E-state index in [9.17, 15) is 4.79 Å². The Bertz CT molecular complexity index is 1270. The van der Waals surface area contributed by atoms with Gasteiger partial charge < -0.3 is 18.9 Å². The number of methoxy groups -OCH3 is 1. The number of ether oxygens (including phenoxy) is 2. The highest BCUT2D eigenvalue weighted by Crippen LogP contribution is 2.37. The van der Waals surface area contributed by atoms with Gasteiger partial charge in [-0.25, -0.2) is 0 Å². The maximum atomic E-state index is 13.4. The number of nitrogens with zero attached hydrogens (tertiary/aromatic N) is 4. The van der Waals surface area contributed by atoms with Crippen LogP contribution in [0.5, 0.6) is 11.5 Å². The molecule has 1 amide bonds. The van der Waals surface area contributed by atoms with Crippen molar-refractivity contribution >= 4 is 5.91 Å². The summed E-state index contributed by atoms with van der Waals surface area (Å²) >= 11 is 0. The van der Waals surface area contributed by atoms with Crippen molar-refractivity contribution < 1.29 is 14.3 Å². The Morgan fingerprint density at radius 2 is 1.71 bits per heavy atom. The van der Waals surface area contributed by atoms with Crippen LogP contribution in [0.1, 0.15) is 28.9 Å². The van der Waals surface area contributed by atoms with Crippen LogP contribution in [0.4, 0.5) is 0 Å². The summed E-state index contributed by atoms with van der Waals surface area (Å²) in [5.74, 6) is 1.26. The summed E-state index contributed by atoms with van der Waals surface area (Å²) in [7, 11) is 3.50. The third-order valence-corrected chi connectivity index (χ3v) is 6.15. The molecule has 1 aliphatic heterocycles. The topological polar surface area (TPSA) is 61.5 Å². The predicted octanol–water partition coefficient (Wildman–Crippen LogP) is 4.70. The molecule has 0 spiro atoms. The van der Waals surface area contributed by atoms with E-state index in [1.165, 1.54) is 0 Å². The van der Waals surface area contributed by atoms with E-state index < -0.39 is 0 Å². The van der Waals surface area contributed by atoms with Crippen LogP contribution in [0, 0.1) is 0 Å². The Labute approximate surface area is 199 Å². The second-order valence-corrected chi connectivity index (χ2v) is 8.40. The number of aromatic nitrogens is 3. The van der Waals surface area contributed by atoms with Crippen LogP contribution < -0.4 is 9.47 Å². The van der Waals surface area contributed by atoms with E-state index >= 15 is 0 Å². The van der Waals surface area contributed by atoms with Crippen LogP contribution in [0.15, 0.2) is 73.1 Å². The molecule has 3 heterocycles. The molecule has 0 saturated carbocycles. The van der Waals surface area contributed by atoms with Crippen LogP contribution in [0.2, 0.25) is 0 Å². The van der Waals surface area contributed by atoms with Crippen molar-refractivity contribution in [1.82, 2.24) is 19.2 Å². The quantitative estimate of drug-likeness (QED) is 0.404. The van der Waals surface area contributed by atoms with Gasteiger partial charge in [0.15, 0.2) is 17.2 Å². The molecular formula is C27H28N4O3. The zero-order valence-corrected chi connectivity index (χ0v) is 19.5. The smallest absolute Gasteiger partial charge is 0.276 e. The molecule has 1 saturated heterocycles. The molecule has 5 rings (SSSR count). The van der Waals surface area contributed by atoms with Gasteiger partial charge in [0.05, 0.1) is 12.8 Å². The number of rotatable bonds is 7. The minimum Gasteiger partial charge on any atom is -0.493 e. The Balaban J connectivity index is 1.57. The first-order valence-electron chi connectivity index (χ1n) is 11.5. The van der Waals surface area contributed by atoms with Gasteiger partial charge in [-0.2, -0.15) is 5.10 Å². The summed E-state index contributed by atoms with van der Waals surface area (Å²) in [4.78, 5) is 15.3. The third kappa shape index (κ3) is 4.17. The van der Waals surface area contributed by atoms with Crippen LogP contribution in [0.3, 0.4) is 0 Å². The predicted molar refractivity (Wildman–Crippen MR) is 130 cm³/mol. The fourth-order valence-electron chi connectivity index (χ4n) is 4.45. The minimum atomic E-state index is -0.0305. The lowest BCUT2D eigenvalue weighted by Gasteiger charge is -2.16. The molecule has 4 aromatic rings. The lowest BCUT2D eigenvalue weighted by atomic mass is 10.1. The normalized spacial score (nSPS) is 13.3. The van der Waals surface area contributed by atoms with Gasteiger partial charge in [0.25, 0.3) is 5.91 Å². The third-order valence-electron chi connectivity index (χ3n) is 6.15. The van der Waals surface area contributed by atoms with E-state index in [1.807, 2.05) is 89.6 Å². The summed E-state index contributed by atoms with van der Waals surface area (Å²) < 4.78 is 15.4. The standard InChI is InChI=1S/C27H28N4O3/c1-29-25(21-12-13-22(33-2)23(18-21)34-19-20-10-4-3-5-11-20)26(30-14-6-7-15-30)24(28-29)27(32)31-16-8-9-17-31/h3-7,10-15,18H,8-9,16-17,19H2,1-2H3. The van der Waals surface area contributed by atoms with Crippen molar-refractivity contribution in [2.24, 2.45) is 7.05 Å². The summed E-state index contributed by atoms with van der Waals surface area (Å²) in [6, 6.07) is 19.7. The molecule has 7 heteroatoms. The maximum absolute atomic E-state index is 13.4. The number of likely N-dealkylation sites (tertiary alicyclic amines) is 1. The molecule has 34 heavy (non-hydrogen) atoms. The number of benzene rings is 2. The van der Waals surface area contributed by atoms with Crippen molar-refractivity contribution in [2.45, 2.75) is 19.4 Å². The molecule has 0 bridgehead atoms. The van der Waals surface area contributed by atoms with E-state index in [0.717, 1.165) is 48.4 Å². The molecule has 0 radical (unpaired) electrons. The number of aryl methyl sites for hydroxylation is 1. The van der Waals surface area contributed by atoms with Crippen LogP contribution in [-0.4, -0.2) is 45.4 Å². The SMILES string of the molecule is COc1ccc(-c2c(-n3cccc3)c(C(=O)N3CCCC3)nn2C)cc1OCc1ccccc1. The van der Waals surface area contributed by atoms with E-state index in [2.05, 4.69) is 5.10 Å².